The van der Waals surface area contributed by atoms with Crippen molar-refractivity contribution in [2.75, 3.05) is 0 Å². The first-order valence-corrected chi connectivity index (χ1v) is 6.37. The zero-order valence-electron chi connectivity index (χ0n) is 10.2. The van der Waals surface area contributed by atoms with Crippen LogP contribution in [-0.4, -0.2) is 4.92 Å². The van der Waals surface area contributed by atoms with Gasteiger partial charge in [-0.05, 0) is 37.6 Å². The van der Waals surface area contributed by atoms with Gasteiger partial charge in [0.1, 0.15) is 0 Å². The fraction of sp³-hybridized carbons (Fsp3) is 0.143. The molecule has 0 amide bonds. The zero-order valence-corrected chi connectivity index (χ0v) is 11.0. The summed E-state index contributed by atoms with van der Waals surface area (Å²) >= 11 is 1.42. The summed E-state index contributed by atoms with van der Waals surface area (Å²) in [6.45, 7) is 3.87. The largest absolute Gasteiger partial charge is 0.283 e. The Labute approximate surface area is 110 Å². The molecule has 0 aliphatic heterocycles. The van der Waals surface area contributed by atoms with Crippen LogP contribution in [0.15, 0.2) is 52.3 Å². The molecule has 4 heteroatoms. The molecular formula is C14H13NO2S. The van der Waals surface area contributed by atoms with E-state index in [1.54, 1.807) is 12.1 Å². The van der Waals surface area contributed by atoms with Crippen LogP contribution < -0.4 is 0 Å². The second-order valence-corrected chi connectivity index (χ2v) is 5.26. The minimum absolute atomic E-state index is 0.167. The monoisotopic (exact) mass is 259 g/mol. The number of benzene rings is 2. The first-order chi connectivity index (χ1) is 8.56. The molecule has 0 unspecified atom stereocenters. The van der Waals surface area contributed by atoms with E-state index in [1.165, 1.54) is 17.3 Å². The van der Waals surface area contributed by atoms with Gasteiger partial charge in [-0.25, -0.2) is 0 Å². The van der Waals surface area contributed by atoms with Crippen molar-refractivity contribution in [3.8, 4) is 0 Å². The lowest BCUT2D eigenvalue weighted by molar-refractivity contribution is -0.387. The third-order valence-corrected chi connectivity index (χ3v) is 3.63. The van der Waals surface area contributed by atoms with Crippen molar-refractivity contribution in [1.82, 2.24) is 0 Å². The number of rotatable bonds is 3. The Bertz CT molecular complexity index is 579. The highest BCUT2D eigenvalue weighted by atomic mass is 32.2. The second-order valence-electron chi connectivity index (χ2n) is 4.14. The average Bonchev–Trinajstić information content (AvgIpc) is 2.34. The molecule has 2 aromatic carbocycles. The van der Waals surface area contributed by atoms with Crippen LogP contribution in [0.1, 0.15) is 11.1 Å². The molecule has 2 aromatic rings. The van der Waals surface area contributed by atoms with Crippen molar-refractivity contribution in [2.24, 2.45) is 0 Å². The summed E-state index contributed by atoms with van der Waals surface area (Å²) in [4.78, 5) is 12.4. The van der Waals surface area contributed by atoms with Crippen LogP contribution in [0.25, 0.3) is 0 Å². The molecule has 0 aliphatic carbocycles. The molecule has 0 aromatic heterocycles. The van der Waals surface area contributed by atoms with E-state index >= 15 is 0 Å². The van der Waals surface area contributed by atoms with E-state index in [0.717, 1.165) is 10.5 Å². The number of nitrogens with zero attached hydrogens (tertiary/aromatic N) is 1. The lowest BCUT2D eigenvalue weighted by Crippen LogP contribution is -1.91. The SMILES string of the molecule is Cc1ccc(Sc2ccc(C)cc2[N+](=O)[O-])cc1. The first kappa shape index (κ1) is 12.6. The van der Waals surface area contributed by atoms with Gasteiger partial charge in [-0.1, -0.05) is 35.5 Å². The molecule has 0 radical (unpaired) electrons. The molecule has 18 heavy (non-hydrogen) atoms. The van der Waals surface area contributed by atoms with Crippen LogP contribution in [0.3, 0.4) is 0 Å². The maximum absolute atomic E-state index is 11.0. The first-order valence-electron chi connectivity index (χ1n) is 5.56. The van der Waals surface area contributed by atoms with Crippen molar-refractivity contribution < 1.29 is 4.92 Å². The summed E-state index contributed by atoms with van der Waals surface area (Å²) in [5.41, 5.74) is 2.24. The normalized spacial score (nSPS) is 10.3. The molecule has 0 fully saturated rings. The van der Waals surface area contributed by atoms with Gasteiger partial charge < -0.3 is 0 Å². The van der Waals surface area contributed by atoms with Crippen LogP contribution in [0, 0.1) is 24.0 Å². The van der Waals surface area contributed by atoms with Gasteiger partial charge in [0.2, 0.25) is 0 Å². The van der Waals surface area contributed by atoms with E-state index in [0.29, 0.717) is 4.90 Å². The molecule has 0 bridgehead atoms. The Balaban J connectivity index is 2.34. The summed E-state index contributed by atoms with van der Waals surface area (Å²) in [6, 6.07) is 13.3. The van der Waals surface area contributed by atoms with E-state index in [9.17, 15) is 10.1 Å². The highest BCUT2D eigenvalue weighted by Gasteiger charge is 2.14. The van der Waals surface area contributed by atoms with Crippen LogP contribution in [-0.2, 0) is 0 Å². The van der Waals surface area contributed by atoms with E-state index in [4.69, 9.17) is 0 Å². The topological polar surface area (TPSA) is 43.1 Å². The average molecular weight is 259 g/mol. The second kappa shape index (κ2) is 5.23. The number of hydrogen-bond donors (Lipinski definition) is 0. The molecule has 92 valence electrons. The molecule has 0 spiro atoms. The fourth-order valence-corrected chi connectivity index (χ4v) is 2.49. The highest BCUT2D eigenvalue weighted by molar-refractivity contribution is 7.99. The van der Waals surface area contributed by atoms with Gasteiger partial charge in [0.25, 0.3) is 5.69 Å². The van der Waals surface area contributed by atoms with Crippen molar-refractivity contribution in [2.45, 2.75) is 23.6 Å². The van der Waals surface area contributed by atoms with E-state index < -0.39 is 0 Å². The van der Waals surface area contributed by atoms with Gasteiger partial charge in [-0.2, -0.15) is 0 Å². The quantitative estimate of drug-likeness (QED) is 0.607. The maximum atomic E-state index is 11.0. The number of hydrogen-bond acceptors (Lipinski definition) is 3. The minimum atomic E-state index is -0.330. The van der Waals surface area contributed by atoms with Crippen molar-refractivity contribution in [3.05, 3.63) is 63.7 Å². The van der Waals surface area contributed by atoms with Crippen LogP contribution in [0.2, 0.25) is 0 Å². The van der Waals surface area contributed by atoms with E-state index in [1.807, 2.05) is 44.2 Å². The lowest BCUT2D eigenvalue weighted by Gasteiger charge is -2.04. The molecule has 0 saturated carbocycles. The van der Waals surface area contributed by atoms with Gasteiger partial charge >= 0.3 is 0 Å². The van der Waals surface area contributed by atoms with Gasteiger partial charge in [-0.3, -0.25) is 10.1 Å². The Morgan fingerprint density at radius 3 is 2.22 bits per heavy atom. The molecule has 2 rings (SSSR count). The lowest BCUT2D eigenvalue weighted by atomic mass is 10.2. The molecule has 0 N–H and O–H groups in total. The molecule has 3 nitrogen and oxygen atoms in total. The maximum Gasteiger partial charge on any atom is 0.283 e. The van der Waals surface area contributed by atoms with E-state index in [2.05, 4.69) is 0 Å². The van der Waals surface area contributed by atoms with E-state index in [-0.39, 0.29) is 10.6 Å². The Hall–Kier alpha value is -1.81. The summed E-state index contributed by atoms with van der Waals surface area (Å²) < 4.78 is 0. The Morgan fingerprint density at radius 2 is 1.61 bits per heavy atom. The number of nitro groups is 1. The zero-order chi connectivity index (χ0) is 13.1. The predicted octanol–water partition coefficient (Wildman–Crippen LogP) is 4.36. The highest BCUT2D eigenvalue weighted by Crippen LogP contribution is 2.35. The van der Waals surface area contributed by atoms with Crippen LogP contribution >= 0.6 is 11.8 Å². The minimum Gasteiger partial charge on any atom is -0.258 e. The molecule has 0 saturated heterocycles. The van der Waals surface area contributed by atoms with Crippen LogP contribution in [0.4, 0.5) is 5.69 Å². The Morgan fingerprint density at radius 1 is 1.00 bits per heavy atom. The van der Waals surface area contributed by atoms with Crippen molar-refractivity contribution in [3.63, 3.8) is 0 Å². The van der Waals surface area contributed by atoms with Gasteiger partial charge in [-0.15, -0.1) is 0 Å². The van der Waals surface area contributed by atoms with Crippen LogP contribution in [0.5, 0.6) is 0 Å². The van der Waals surface area contributed by atoms with Crippen molar-refractivity contribution >= 4 is 17.4 Å². The molecular weight excluding hydrogens is 246 g/mol. The third-order valence-electron chi connectivity index (χ3n) is 2.56. The fourth-order valence-electron chi connectivity index (χ4n) is 1.59. The number of nitro benzene ring substituents is 1. The van der Waals surface area contributed by atoms with Gasteiger partial charge in [0.05, 0.1) is 9.82 Å². The predicted molar refractivity (Wildman–Crippen MR) is 73.1 cm³/mol. The summed E-state index contributed by atoms with van der Waals surface area (Å²) in [5.74, 6) is 0. The third kappa shape index (κ3) is 2.90. The molecule has 0 aliphatic rings. The molecule has 0 atom stereocenters. The standard InChI is InChI=1S/C14H13NO2S/c1-10-3-6-12(7-4-10)18-14-8-5-11(2)9-13(14)15(16)17/h3-9H,1-2H3. The summed E-state index contributed by atoms with van der Waals surface area (Å²) in [7, 11) is 0. The van der Waals surface area contributed by atoms with Gasteiger partial charge in [0.15, 0.2) is 0 Å². The smallest absolute Gasteiger partial charge is 0.258 e. The Kier molecular flexibility index (Phi) is 3.67. The summed E-state index contributed by atoms with van der Waals surface area (Å²) in [5, 5.41) is 11.0. The molecule has 0 heterocycles. The summed E-state index contributed by atoms with van der Waals surface area (Å²) in [6.07, 6.45) is 0. The van der Waals surface area contributed by atoms with Crippen molar-refractivity contribution in [1.29, 1.82) is 0 Å². The number of aryl methyl sites for hydroxylation is 2. The van der Waals surface area contributed by atoms with Gasteiger partial charge in [0, 0.05) is 11.0 Å².